The zero-order valence-corrected chi connectivity index (χ0v) is 10.8. The Bertz CT molecular complexity index is 367. The van der Waals surface area contributed by atoms with Crippen LogP contribution in [0.4, 0.5) is 0 Å². The number of nitrogens with two attached hydrogens (primary N) is 1. The Morgan fingerprint density at radius 1 is 1.39 bits per heavy atom. The third-order valence-corrected chi connectivity index (χ3v) is 3.78. The molecule has 1 fully saturated rings. The predicted octanol–water partition coefficient (Wildman–Crippen LogP) is -0.126. The number of hydrogen-bond acceptors (Lipinski definition) is 3. The molecule has 3 N–H and O–H groups in total. The summed E-state index contributed by atoms with van der Waals surface area (Å²) in [5.41, 5.74) is 5.77. The molecule has 0 saturated carbocycles. The first-order chi connectivity index (χ1) is 8.61. The molecule has 5 heteroatoms. The first-order valence-corrected chi connectivity index (χ1v) is 6.56. The van der Waals surface area contributed by atoms with Crippen LogP contribution in [0.15, 0.2) is 12.2 Å². The van der Waals surface area contributed by atoms with Crippen molar-refractivity contribution in [2.45, 2.75) is 25.3 Å². The summed E-state index contributed by atoms with van der Waals surface area (Å²) in [6, 6.07) is -0.00141. The van der Waals surface area contributed by atoms with Crippen LogP contribution >= 0.6 is 0 Å². The molecule has 1 aliphatic carbocycles. The van der Waals surface area contributed by atoms with Crippen molar-refractivity contribution in [3.05, 3.63) is 12.2 Å². The molecule has 0 spiro atoms. The van der Waals surface area contributed by atoms with E-state index in [2.05, 4.69) is 5.32 Å². The maximum atomic E-state index is 12.3. The van der Waals surface area contributed by atoms with Crippen LogP contribution in [-0.2, 0) is 9.59 Å². The van der Waals surface area contributed by atoms with Gasteiger partial charge in [0.1, 0.15) is 0 Å². The highest BCUT2D eigenvalue weighted by molar-refractivity contribution is 5.83. The second kappa shape index (κ2) is 5.52. The number of likely N-dealkylation sites (tertiary alicyclic amines) is 1. The summed E-state index contributed by atoms with van der Waals surface area (Å²) >= 11 is 0. The van der Waals surface area contributed by atoms with Crippen LogP contribution < -0.4 is 11.1 Å². The van der Waals surface area contributed by atoms with E-state index in [1.807, 2.05) is 17.1 Å². The third-order valence-electron chi connectivity index (χ3n) is 3.78. The normalized spacial score (nSPS) is 31.4. The van der Waals surface area contributed by atoms with Crippen LogP contribution in [0.2, 0.25) is 0 Å². The van der Waals surface area contributed by atoms with Gasteiger partial charge in [-0.3, -0.25) is 9.59 Å². The van der Waals surface area contributed by atoms with Gasteiger partial charge >= 0.3 is 0 Å². The number of carbonyl (C=O) groups is 2. The zero-order chi connectivity index (χ0) is 13.1. The molecule has 2 rings (SSSR count). The standard InChI is InChI=1S/C13H21N3O2/c1-15-12(17)10-3-2-6-16(8-10)13(18)9-4-5-11(14)7-9/h4-5,9-11H,2-3,6-8,14H2,1H3,(H,15,17). The summed E-state index contributed by atoms with van der Waals surface area (Å²) in [5.74, 6) is -0.00541. The average molecular weight is 251 g/mol. The molecule has 0 aromatic heterocycles. The zero-order valence-electron chi connectivity index (χ0n) is 10.8. The molecular formula is C13H21N3O2. The van der Waals surface area contributed by atoms with E-state index in [0.717, 1.165) is 19.4 Å². The summed E-state index contributed by atoms with van der Waals surface area (Å²) in [7, 11) is 1.64. The van der Waals surface area contributed by atoms with Crippen molar-refractivity contribution in [2.75, 3.05) is 20.1 Å². The van der Waals surface area contributed by atoms with Crippen LogP contribution in [0.1, 0.15) is 19.3 Å². The summed E-state index contributed by atoms with van der Waals surface area (Å²) in [6.07, 6.45) is 6.25. The molecule has 0 aromatic rings. The van der Waals surface area contributed by atoms with E-state index in [4.69, 9.17) is 5.73 Å². The van der Waals surface area contributed by atoms with Crippen LogP contribution in [0, 0.1) is 11.8 Å². The molecule has 3 atom stereocenters. The third kappa shape index (κ3) is 2.72. The monoisotopic (exact) mass is 251 g/mol. The first-order valence-electron chi connectivity index (χ1n) is 6.56. The minimum Gasteiger partial charge on any atom is -0.359 e. The van der Waals surface area contributed by atoms with Gasteiger partial charge in [-0.15, -0.1) is 0 Å². The molecule has 2 amide bonds. The Balaban J connectivity index is 1.94. The van der Waals surface area contributed by atoms with Gasteiger partial charge < -0.3 is 16.0 Å². The molecule has 0 bridgehead atoms. The topological polar surface area (TPSA) is 75.4 Å². The van der Waals surface area contributed by atoms with Crippen molar-refractivity contribution in [3.8, 4) is 0 Å². The lowest BCUT2D eigenvalue weighted by atomic mass is 9.95. The highest BCUT2D eigenvalue weighted by Crippen LogP contribution is 2.23. The minimum atomic E-state index is -0.0940. The highest BCUT2D eigenvalue weighted by Gasteiger charge is 2.32. The van der Waals surface area contributed by atoms with Gasteiger partial charge in [0.15, 0.2) is 0 Å². The molecular weight excluding hydrogens is 230 g/mol. The number of rotatable bonds is 2. The van der Waals surface area contributed by atoms with E-state index < -0.39 is 0 Å². The number of hydrogen-bond donors (Lipinski definition) is 2. The van der Waals surface area contributed by atoms with Crippen molar-refractivity contribution in [1.82, 2.24) is 10.2 Å². The molecule has 1 heterocycles. The summed E-state index contributed by atoms with van der Waals surface area (Å²) < 4.78 is 0. The van der Waals surface area contributed by atoms with Gasteiger partial charge in [0, 0.05) is 26.2 Å². The summed E-state index contributed by atoms with van der Waals surface area (Å²) in [4.78, 5) is 25.7. The van der Waals surface area contributed by atoms with Gasteiger partial charge in [0.05, 0.1) is 11.8 Å². The Hall–Kier alpha value is -1.36. The molecule has 100 valence electrons. The van der Waals surface area contributed by atoms with Gasteiger partial charge in [-0.05, 0) is 19.3 Å². The molecule has 5 nitrogen and oxygen atoms in total. The fourth-order valence-electron chi connectivity index (χ4n) is 2.74. The Morgan fingerprint density at radius 3 is 2.78 bits per heavy atom. The first kappa shape index (κ1) is 13.1. The van der Waals surface area contributed by atoms with Gasteiger partial charge in [0.25, 0.3) is 0 Å². The number of carbonyl (C=O) groups excluding carboxylic acids is 2. The maximum Gasteiger partial charge on any atom is 0.229 e. The van der Waals surface area contributed by atoms with Gasteiger partial charge in [-0.2, -0.15) is 0 Å². The second-order valence-electron chi connectivity index (χ2n) is 5.13. The molecule has 2 aliphatic rings. The summed E-state index contributed by atoms with van der Waals surface area (Å²) in [6.45, 7) is 1.30. The second-order valence-corrected chi connectivity index (χ2v) is 5.13. The van der Waals surface area contributed by atoms with Crippen LogP contribution in [0.25, 0.3) is 0 Å². The van der Waals surface area contributed by atoms with E-state index >= 15 is 0 Å². The van der Waals surface area contributed by atoms with Gasteiger partial charge in [-0.25, -0.2) is 0 Å². The van der Waals surface area contributed by atoms with Gasteiger partial charge in [-0.1, -0.05) is 12.2 Å². The maximum absolute atomic E-state index is 12.3. The SMILES string of the molecule is CNC(=O)C1CCCN(C(=O)C2C=CC(N)C2)C1. The van der Waals surface area contributed by atoms with E-state index in [0.29, 0.717) is 13.0 Å². The Labute approximate surface area is 107 Å². The van der Waals surface area contributed by atoms with Crippen LogP contribution in [0.5, 0.6) is 0 Å². The lowest BCUT2D eigenvalue weighted by molar-refractivity contribution is -0.137. The quantitative estimate of drug-likeness (QED) is 0.672. The molecule has 3 unspecified atom stereocenters. The smallest absolute Gasteiger partial charge is 0.229 e. The van der Waals surface area contributed by atoms with Crippen LogP contribution in [0.3, 0.4) is 0 Å². The number of piperidine rings is 1. The fourth-order valence-corrected chi connectivity index (χ4v) is 2.74. The highest BCUT2D eigenvalue weighted by atomic mass is 16.2. The van der Waals surface area contributed by atoms with E-state index in [-0.39, 0.29) is 29.7 Å². The fraction of sp³-hybridized carbons (Fsp3) is 0.692. The number of nitrogens with zero attached hydrogens (tertiary/aromatic N) is 1. The number of nitrogens with one attached hydrogen (secondary N) is 1. The predicted molar refractivity (Wildman–Crippen MR) is 68.6 cm³/mol. The van der Waals surface area contributed by atoms with Gasteiger partial charge in [0.2, 0.25) is 11.8 Å². The van der Waals surface area contributed by atoms with Crippen molar-refractivity contribution in [2.24, 2.45) is 17.6 Å². The van der Waals surface area contributed by atoms with Crippen molar-refractivity contribution in [3.63, 3.8) is 0 Å². The lowest BCUT2D eigenvalue weighted by Crippen LogP contribution is -2.46. The molecule has 0 aromatic carbocycles. The van der Waals surface area contributed by atoms with E-state index in [1.165, 1.54) is 0 Å². The minimum absolute atomic E-state index is 0.00141. The Morgan fingerprint density at radius 2 is 2.17 bits per heavy atom. The molecule has 18 heavy (non-hydrogen) atoms. The molecule has 1 saturated heterocycles. The van der Waals surface area contributed by atoms with Crippen molar-refractivity contribution >= 4 is 11.8 Å². The summed E-state index contributed by atoms with van der Waals surface area (Å²) in [5, 5.41) is 2.66. The number of amides is 2. The largest absolute Gasteiger partial charge is 0.359 e. The van der Waals surface area contributed by atoms with Crippen molar-refractivity contribution < 1.29 is 9.59 Å². The average Bonchev–Trinajstić information content (AvgIpc) is 2.83. The molecule has 0 radical (unpaired) electrons. The molecule has 1 aliphatic heterocycles. The van der Waals surface area contributed by atoms with E-state index in [9.17, 15) is 9.59 Å². The van der Waals surface area contributed by atoms with E-state index in [1.54, 1.807) is 7.05 Å². The van der Waals surface area contributed by atoms with Crippen LogP contribution in [-0.4, -0.2) is 42.9 Å². The van der Waals surface area contributed by atoms with Crippen molar-refractivity contribution in [1.29, 1.82) is 0 Å². The lowest BCUT2D eigenvalue weighted by Gasteiger charge is -2.33. The Kier molecular flexibility index (Phi) is 4.01.